The second-order valence-corrected chi connectivity index (χ2v) is 8.62. The SMILES string of the molecule is COC(=O)c1sccc1S(=O)(=O)N1CC(c2nc(-c3ccccn3)no2)C1. The number of methoxy groups -OCH3 is 1. The molecule has 0 atom stereocenters. The number of esters is 1. The normalized spacial score (nSPS) is 15.4. The first-order valence-electron chi connectivity index (χ1n) is 7.91. The molecule has 0 bridgehead atoms. The van der Waals surface area contributed by atoms with Crippen LogP contribution in [0.3, 0.4) is 0 Å². The van der Waals surface area contributed by atoms with Crippen LogP contribution >= 0.6 is 11.3 Å². The van der Waals surface area contributed by atoms with Gasteiger partial charge < -0.3 is 9.26 Å². The number of hydrogen-bond donors (Lipinski definition) is 0. The van der Waals surface area contributed by atoms with Crippen molar-refractivity contribution in [2.24, 2.45) is 0 Å². The van der Waals surface area contributed by atoms with Gasteiger partial charge in [-0.2, -0.15) is 9.29 Å². The predicted octanol–water partition coefficient (Wildman–Crippen LogP) is 1.77. The van der Waals surface area contributed by atoms with E-state index in [2.05, 4.69) is 19.9 Å². The molecule has 0 unspecified atom stereocenters. The zero-order valence-electron chi connectivity index (χ0n) is 14.1. The van der Waals surface area contributed by atoms with Crippen LogP contribution in [0.4, 0.5) is 0 Å². The van der Waals surface area contributed by atoms with E-state index in [0.29, 0.717) is 17.4 Å². The van der Waals surface area contributed by atoms with Crippen LogP contribution in [-0.2, 0) is 14.8 Å². The van der Waals surface area contributed by atoms with Crippen molar-refractivity contribution < 1.29 is 22.5 Å². The first kappa shape index (κ1) is 17.8. The summed E-state index contributed by atoms with van der Waals surface area (Å²) in [6.07, 6.45) is 1.63. The number of sulfonamides is 1. The maximum absolute atomic E-state index is 12.8. The summed E-state index contributed by atoms with van der Waals surface area (Å²) >= 11 is 1.03. The number of rotatable bonds is 5. The molecule has 0 saturated carbocycles. The van der Waals surface area contributed by atoms with Gasteiger partial charge in [0.2, 0.25) is 21.7 Å². The molecule has 11 heteroatoms. The van der Waals surface area contributed by atoms with Crippen molar-refractivity contribution in [1.82, 2.24) is 19.4 Å². The van der Waals surface area contributed by atoms with Crippen LogP contribution in [0.25, 0.3) is 11.5 Å². The minimum Gasteiger partial charge on any atom is -0.465 e. The molecule has 0 radical (unpaired) electrons. The number of ether oxygens (including phenoxy) is 1. The lowest BCUT2D eigenvalue weighted by atomic mass is 10.0. The Morgan fingerprint density at radius 3 is 2.85 bits per heavy atom. The van der Waals surface area contributed by atoms with E-state index in [9.17, 15) is 13.2 Å². The molecule has 0 aromatic carbocycles. The highest BCUT2D eigenvalue weighted by Gasteiger charge is 2.42. The van der Waals surface area contributed by atoms with Crippen molar-refractivity contribution in [3.05, 3.63) is 46.6 Å². The van der Waals surface area contributed by atoms with Crippen LogP contribution in [0.2, 0.25) is 0 Å². The van der Waals surface area contributed by atoms with E-state index < -0.39 is 16.0 Å². The van der Waals surface area contributed by atoms with Gasteiger partial charge in [-0.1, -0.05) is 11.2 Å². The summed E-state index contributed by atoms with van der Waals surface area (Å²) in [6, 6.07) is 6.77. The highest BCUT2D eigenvalue weighted by Crippen LogP contribution is 2.34. The van der Waals surface area contributed by atoms with E-state index in [1.54, 1.807) is 23.7 Å². The van der Waals surface area contributed by atoms with Gasteiger partial charge in [-0.3, -0.25) is 4.98 Å². The summed E-state index contributed by atoms with van der Waals surface area (Å²) in [6.45, 7) is 0.394. The fraction of sp³-hybridized carbons (Fsp3) is 0.250. The molecule has 1 aliphatic heterocycles. The van der Waals surface area contributed by atoms with Gasteiger partial charge >= 0.3 is 5.97 Å². The lowest BCUT2D eigenvalue weighted by Crippen LogP contribution is -2.48. The van der Waals surface area contributed by atoms with Gasteiger partial charge in [-0.15, -0.1) is 11.3 Å². The second-order valence-electron chi connectivity index (χ2n) is 5.80. The van der Waals surface area contributed by atoms with E-state index in [-0.39, 0.29) is 28.8 Å². The molecule has 1 aliphatic rings. The number of thiophene rings is 1. The van der Waals surface area contributed by atoms with Crippen molar-refractivity contribution >= 4 is 27.3 Å². The van der Waals surface area contributed by atoms with Crippen LogP contribution in [0.5, 0.6) is 0 Å². The summed E-state index contributed by atoms with van der Waals surface area (Å²) in [5.41, 5.74) is 0.581. The van der Waals surface area contributed by atoms with E-state index in [4.69, 9.17) is 4.52 Å². The maximum Gasteiger partial charge on any atom is 0.349 e. The van der Waals surface area contributed by atoms with Crippen LogP contribution in [0, 0.1) is 0 Å². The fourth-order valence-corrected chi connectivity index (χ4v) is 5.51. The summed E-state index contributed by atoms with van der Waals surface area (Å²) in [4.78, 5) is 20.2. The lowest BCUT2D eigenvalue weighted by Gasteiger charge is -2.35. The van der Waals surface area contributed by atoms with E-state index in [1.807, 2.05) is 6.07 Å². The molecule has 140 valence electrons. The number of aromatic nitrogens is 3. The molecule has 3 aromatic heterocycles. The molecule has 0 amide bonds. The summed E-state index contributed by atoms with van der Waals surface area (Å²) in [5, 5.41) is 5.45. The standard InChI is InChI=1S/C16H14N4O5S2/c1-24-16(21)13-12(5-7-26-13)27(22,23)20-8-10(9-20)15-18-14(19-25-15)11-4-2-3-6-17-11/h2-7,10H,8-9H2,1H3. The first-order valence-corrected chi connectivity index (χ1v) is 10.2. The molecule has 27 heavy (non-hydrogen) atoms. The molecular weight excluding hydrogens is 392 g/mol. The Morgan fingerprint density at radius 1 is 1.33 bits per heavy atom. The topological polar surface area (TPSA) is 115 Å². The number of carbonyl (C=O) groups excluding carboxylic acids is 1. The molecule has 0 spiro atoms. The Morgan fingerprint density at radius 2 is 2.15 bits per heavy atom. The molecule has 1 saturated heterocycles. The van der Waals surface area contributed by atoms with Gasteiger partial charge in [0.25, 0.3) is 0 Å². The molecule has 0 aliphatic carbocycles. The summed E-state index contributed by atoms with van der Waals surface area (Å²) in [5.74, 6) is -0.152. The minimum atomic E-state index is -3.79. The number of pyridine rings is 1. The van der Waals surface area contributed by atoms with Crippen molar-refractivity contribution in [1.29, 1.82) is 0 Å². The second kappa shape index (κ2) is 6.83. The van der Waals surface area contributed by atoms with Crippen LogP contribution in [0.1, 0.15) is 21.5 Å². The van der Waals surface area contributed by atoms with Crippen molar-refractivity contribution in [3.63, 3.8) is 0 Å². The largest absolute Gasteiger partial charge is 0.465 e. The lowest BCUT2D eigenvalue weighted by molar-refractivity contribution is 0.0602. The summed E-state index contributed by atoms with van der Waals surface area (Å²) in [7, 11) is -2.58. The maximum atomic E-state index is 12.8. The average molecular weight is 406 g/mol. The zero-order valence-corrected chi connectivity index (χ0v) is 15.7. The van der Waals surface area contributed by atoms with Crippen LogP contribution < -0.4 is 0 Å². The molecule has 4 rings (SSSR count). The first-order chi connectivity index (χ1) is 13.0. The number of nitrogens with zero attached hydrogens (tertiary/aromatic N) is 4. The predicted molar refractivity (Wildman–Crippen MR) is 94.7 cm³/mol. The Balaban J connectivity index is 1.49. The highest BCUT2D eigenvalue weighted by atomic mass is 32.2. The molecular formula is C16H14N4O5S2. The van der Waals surface area contributed by atoms with E-state index in [1.165, 1.54) is 17.5 Å². The number of hydrogen-bond acceptors (Lipinski definition) is 9. The van der Waals surface area contributed by atoms with Gasteiger partial charge in [0.1, 0.15) is 15.5 Å². The van der Waals surface area contributed by atoms with Crippen molar-refractivity contribution in [2.75, 3.05) is 20.2 Å². The third-order valence-electron chi connectivity index (χ3n) is 4.15. The fourth-order valence-electron chi connectivity index (χ4n) is 2.67. The van der Waals surface area contributed by atoms with Gasteiger partial charge in [0.05, 0.1) is 13.0 Å². The number of carbonyl (C=O) groups is 1. The monoisotopic (exact) mass is 406 g/mol. The van der Waals surface area contributed by atoms with Crippen LogP contribution in [0.15, 0.2) is 45.3 Å². The quantitative estimate of drug-likeness (QED) is 0.589. The zero-order chi connectivity index (χ0) is 19.0. The minimum absolute atomic E-state index is 0.0440. The van der Waals surface area contributed by atoms with Crippen molar-refractivity contribution in [3.8, 4) is 11.5 Å². The highest BCUT2D eigenvalue weighted by molar-refractivity contribution is 7.89. The third kappa shape index (κ3) is 3.13. The molecule has 0 N–H and O–H groups in total. The molecule has 3 aromatic rings. The van der Waals surface area contributed by atoms with Gasteiger partial charge in [-0.25, -0.2) is 13.2 Å². The molecule has 1 fully saturated rings. The average Bonchev–Trinajstić information content (AvgIpc) is 3.30. The smallest absolute Gasteiger partial charge is 0.349 e. The Kier molecular flexibility index (Phi) is 4.50. The Bertz CT molecular complexity index is 1070. The Hall–Kier alpha value is -2.63. The van der Waals surface area contributed by atoms with Gasteiger partial charge in [0, 0.05) is 19.3 Å². The van der Waals surface area contributed by atoms with Crippen molar-refractivity contribution in [2.45, 2.75) is 10.8 Å². The molecule has 4 heterocycles. The van der Waals surface area contributed by atoms with Gasteiger partial charge in [0.15, 0.2) is 0 Å². The van der Waals surface area contributed by atoms with E-state index >= 15 is 0 Å². The summed E-state index contributed by atoms with van der Waals surface area (Å²) < 4.78 is 36.7. The van der Waals surface area contributed by atoms with E-state index in [0.717, 1.165) is 11.3 Å². The third-order valence-corrected chi connectivity index (χ3v) is 7.05. The molecule has 9 nitrogen and oxygen atoms in total. The van der Waals surface area contributed by atoms with Gasteiger partial charge in [-0.05, 0) is 23.6 Å². The Labute approximate surface area is 158 Å². The van der Waals surface area contributed by atoms with Crippen LogP contribution in [-0.4, -0.2) is 54.0 Å².